The van der Waals surface area contributed by atoms with Gasteiger partial charge in [-0.2, -0.15) is 0 Å². The van der Waals surface area contributed by atoms with Crippen LogP contribution in [0.25, 0.3) is 11.0 Å². The molecule has 2 aliphatic rings. The number of rotatable bonds is 6. The van der Waals surface area contributed by atoms with Gasteiger partial charge in [0.15, 0.2) is 5.79 Å². The topological polar surface area (TPSA) is 85.9 Å². The standard InChI is InChI=1S/C25H33B4N3O5/c1-34-21(33)18-5-4-16(9-19(18)37-17-8-15-6-7-30-20(15)31-10-17)32-24(26,27)13-22(14-25(32,28)29)11-23(12-22,35-2)36-3/h4-10H,11-14,26-29H2,1-3H3,(H,30,31). The lowest BCUT2D eigenvalue weighted by molar-refractivity contribution is -0.302. The van der Waals surface area contributed by atoms with Gasteiger partial charge in [0.2, 0.25) is 0 Å². The molecule has 1 saturated heterocycles. The lowest BCUT2D eigenvalue weighted by Crippen LogP contribution is -2.73. The molecule has 37 heavy (non-hydrogen) atoms. The molecule has 1 aliphatic carbocycles. The molecule has 0 unspecified atom stereocenters. The quantitative estimate of drug-likeness (QED) is 0.298. The third-order valence-electron chi connectivity index (χ3n) is 8.09. The van der Waals surface area contributed by atoms with Crippen LogP contribution in [0.5, 0.6) is 11.5 Å². The number of nitrogens with one attached hydrogen (secondary N) is 1. The minimum absolute atomic E-state index is 0.151. The van der Waals surface area contributed by atoms with E-state index in [2.05, 4.69) is 46.3 Å². The molecule has 3 heterocycles. The average Bonchev–Trinajstić information content (AvgIpc) is 3.28. The number of piperidine rings is 1. The van der Waals surface area contributed by atoms with Crippen molar-refractivity contribution >= 4 is 54.1 Å². The molecule has 0 radical (unpaired) electrons. The number of carbonyl (C=O) groups is 1. The van der Waals surface area contributed by atoms with E-state index in [0.29, 0.717) is 17.1 Å². The SMILES string of the molecule is BC1(B)CC2(CC(OC)(OC)C2)CC(B)(B)N1c1ccc(C(=O)OC)c(Oc2cnc3[nH]ccc3c2)c1. The number of hydrogen-bond donors (Lipinski definition) is 1. The normalized spacial score (nSPS) is 20.9. The van der Waals surface area contributed by atoms with Crippen LogP contribution in [0.4, 0.5) is 5.69 Å². The fraction of sp³-hybridized carbons (Fsp3) is 0.440. The van der Waals surface area contributed by atoms with Crippen LogP contribution in [-0.4, -0.2) is 85.1 Å². The van der Waals surface area contributed by atoms with Crippen LogP contribution in [0, 0.1) is 5.41 Å². The van der Waals surface area contributed by atoms with Gasteiger partial charge < -0.3 is 28.8 Å². The highest BCUT2D eigenvalue weighted by Crippen LogP contribution is 2.61. The summed E-state index contributed by atoms with van der Waals surface area (Å²) in [6.45, 7) is 0. The molecule has 3 aromatic rings. The number of methoxy groups -OCH3 is 3. The van der Waals surface area contributed by atoms with Crippen molar-refractivity contribution in [1.82, 2.24) is 9.97 Å². The molecule has 5 rings (SSSR count). The van der Waals surface area contributed by atoms with Gasteiger partial charge in [0.25, 0.3) is 0 Å². The van der Waals surface area contributed by atoms with Crippen LogP contribution in [0.1, 0.15) is 36.0 Å². The number of carbonyl (C=O) groups excluding carboxylic acids is 1. The van der Waals surface area contributed by atoms with Crippen molar-refractivity contribution in [3.05, 3.63) is 48.3 Å². The van der Waals surface area contributed by atoms with Crippen LogP contribution < -0.4 is 9.64 Å². The molecule has 1 N–H and O–H groups in total. The van der Waals surface area contributed by atoms with Gasteiger partial charge >= 0.3 is 5.97 Å². The first-order valence-electron chi connectivity index (χ1n) is 12.7. The zero-order chi connectivity index (χ0) is 26.6. The summed E-state index contributed by atoms with van der Waals surface area (Å²) in [6.07, 6.45) is 7.26. The molecular weight excluding hydrogens is 466 g/mol. The Bertz CT molecular complexity index is 1310. The van der Waals surface area contributed by atoms with Gasteiger partial charge in [0, 0.05) is 50.4 Å². The van der Waals surface area contributed by atoms with Gasteiger partial charge in [-0.25, -0.2) is 9.78 Å². The summed E-state index contributed by atoms with van der Waals surface area (Å²) in [7, 11) is 14.0. The lowest BCUT2D eigenvalue weighted by Gasteiger charge is -2.67. The van der Waals surface area contributed by atoms with E-state index in [9.17, 15) is 4.79 Å². The number of hydrogen-bond acceptors (Lipinski definition) is 7. The largest absolute Gasteiger partial charge is 0.465 e. The zero-order valence-corrected chi connectivity index (χ0v) is 22.8. The Labute approximate surface area is 221 Å². The molecule has 12 heteroatoms. The van der Waals surface area contributed by atoms with Crippen molar-refractivity contribution in [2.75, 3.05) is 26.2 Å². The van der Waals surface area contributed by atoms with Gasteiger partial charge in [0.1, 0.15) is 54.1 Å². The predicted octanol–water partition coefficient (Wildman–Crippen LogP) is 0.351. The molecule has 1 spiro atoms. The molecule has 0 amide bonds. The van der Waals surface area contributed by atoms with Gasteiger partial charge in [-0.3, -0.25) is 0 Å². The zero-order valence-electron chi connectivity index (χ0n) is 22.8. The van der Waals surface area contributed by atoms with Crippen molar-refractivity contribution in [3.63, 3.8) is 0 Å². The minimum Gasteiger partial charge on any atom is -0.465 e. The van der Waals surface area contributed by atoms with E-state index in [4.69, 9.17) is 18.9 Å². The van der Waals surface area contributed by atoms with Crippen molar-refractivity contribution in [2.45, 2.75) is 42.1 Å². The van der Waals surface area contributed by atoms with E-state index in [1.165, 1.54) is 7.11 Å². The van der Waals surface area contributed by atoms with Gasteiger partial charge in [-0.15, -0.1) is 0 Å². The van der Waals surface area contributed by atoms with Crippen LogP contribution in [0.3, 0.4) is 0 Å². The summed E-state index contributed by atoms with van der Waals surface area (Å²) in [5, 5.41) is 0.608. The lowest BCUT2D eigenvalue weighted by atomic mass is 9.38. The molecule has 190 valence electrons. The maximum absolute atomic E-state index is 12.6. The summed E-state index contributed by atoms with van der Waals surface area (Å²) < 4.78 is 22.8. The van der Waals surface area contributed by atoms with Gasteiger partial charge in [0.05, 0.1) is 13.3 Å². The second kappa shape index (κ2) is 8.88. The smallest absolute Gasteiger partial charge is 0.341 e. The summed E-state index contributed by atoms with van der Waals surface area (Å²) in [5.41, 5.74) is 2.29. The molecule has 2 aromatic heterocycles. The first-order valence-corrected chi connectivity index (χ1v) is 12.7. The number of pyridine rings is 1. The number of H-pyrrole nitrogens is 1. The van der Waals surface area contributed by atoms with Crippen LogP contribution in [0.2, 0.25) is 0 Å². The fourth-order valence-corrected chi connectivity index (χ4v) is 7.40. The Hall–Kier alpha value is -2.84. The second-order valence-electron chi connectivity index (χ2n) is 11.8. The maximum atomic E-state index is 12.6. The molecular formula is C25H33B4N3O5. The highest BCUT2D eigenvalue weighted by molar-refractivity contribution is 6.47. The van der Waals surface area contributed by atoms with E-state index in [-0.39, 0.29) is 16.1 Å². The number of fused-ring (bicyclic) bond motifs is 1. The molecule has 2 fully saturated rings. The number of aromatic amines is 1. The highest BCUT2D eigenvalue weighted by atomic mass is 16.7. The molecule has 1 aliphatic heterocycles. The molecule has 1 aromatic carbocycles. The van der Waals surface area contributed by atoms with E-state index < -0.39 is 11.8 Å². The summed E-state index contributed by atoms with van der Waals surface area (Å²) in [4.78, 5) is 22.6. The third-order valence-corrected chi connectivity index (χ3v) is 8.09. The van der Waals surface area contributed by atoms with Crippen molar-refractivity contribution < 1.29 is 23.7 Å². The Morgan fingerprint density at radius 2 is 1.65 bits per heavy atom. The first-order chi connectivity index (χ1) is 17.5. The Morgan fingerprint density at radius 1 is 0.973 bits per heavy atom. The third kappa shape index (κ3) is 4.44. The van der Waals surface area contributed by atoms with Crippen LogP contribution in [-0.2, 0) is 14.2 Å². The Kier molecular flexibility index (Phi) is 6.19. The van der Waals surface area contributed by atoms with Crippen molar-refractivity contribution in [2.24, 2.45) is 5.41 Å². The summed E-state index contributed by atoms with van der Waals surface area (Å²) in [6, 6.07) is 9.57. The molecule has 8 nitrogen and oxygen atoms in total. The molecule has 0 bridgehead atoms. The monoisotopic (exact) mass is 499 g/mol. The van der Waals surface area contributed by atoms with Crippen molar-refractivity contribution in [1.29, 1.82) is 0 Å². The highest BCUT2D eigenvalue weighted by Gasteiger charge is 2.62. The summed E-state index contributed by atoms with van der Waals surface area (Å²) >= 11 is 0. The first kappa shape index (κ1) is 25.8. The Balaban J connectivity index is 1.50. The van der Waals surface area contributed by atoms with Gasteiger partial charge in [-0.05, 0) is 53.2 Å². The van der Waals surface area contributed by atoms with E-state index in [0.717, 1.165) is 42.4 Å². The molecule has 0 atom stereocenters. The number of ether oxygens (including phenoxy) is 4. The van der Waals surface area contributed by atoms with E-state index in [1.807, 2.05) is 30.5 Å². The average molecular weight is 499 g/mol. The molecule has 1 saturated carbocycles. The van der Waals surface area contributed by atoms with Gasteiger partial charge in [-0.1, -0.05) is 0 Å². The number of esters is 1. The Morgan fingerprint density at radius 3 is 2.27 bits per heavy atom. The van der Waals surface area contributed by atoms with Crippen LogP contribution in [0.15, 0.2) is 42.7 Å². The number of nitrogens with zero attached hydrogens (tertiary/aromatic N) is 2. The van der Waals surface area contributed by atoms with E-state index >= 15 is 0 Å². The van der Waals surface area contributed by atoms with Crippen molar-refractivity contribution in [3.8, 4) is 11.5 Å². The van der Waals surface area contributed by atoms with E-state index in [1.54, 1.807) is 26.5 Å². The second-order valence-corrected chi connectivity index (χ2v) is 11.8. The number of benzene rings is 1. The predicted molar refractivity (Wildman–Crippen MR) is 154 cm³/mol. The van der Waals surface area contributed by atoms with Crippen LogP contribution >= 0.6 is 0 Å². The number of aromatic nitrogens is 2. The summed E-state index contributed by atoms with van der Waals surface area (Å²) in [5.74, 6) is 0.0645. The minimum atomic E-state index is -0.480. The maximum Gasteiger partial charge on any atom is 0.341 e. The number of anilines is 1. The fourth-order valence-electron chi connectivity index (χ4n) is 7.40.